The van der Waals surface area contributed by atoms with Crippen LogP contribution in [0, 0.1) is 0 Å². The van der Waals surface area contributed by atoms with Crippen molar-refractivity contribution in [1.82, 2.24) is 0 Å². The zero-order chi connectivity index (χ0) is 11.1. The maximum atomic E-state index is 6.69. The van der Waals surface area contributed by atoms with Crippen LogP contribution in [0.2, 0.25) is 9.63 Å². The molecule has 0 heterocycles. The summed E-state index contributed by atoms with van der Waals surface area (Å²) in [6, 6.07) is 0. The third-order valence-electron chi connectivity index (χ3n) is 3.55. The minimum atomic E-state index is -2.48. The van der Waals surface area contributed by atoms with Gasteiger partial charge in [-0.3, -0.25) is 0 Å². The van der Waals surface area contributed by atoms with Gasteiger partial charge >= 0.3 is 113 Å². The van der Waals surface area contributed by atoms with Gasteiger partial charge in [-0.05, 0) is 0 Å². The minimum absolute atomic E-state index is 0.199. The Bertz CT molecular complexity index is 211. The molecule has 0 amide bonds. The Balaban J connectivity index is 2.10. The van der Waals surface area contributed by atoms with Crippen LogP contribution in [0.5, 0.6) is 0 Å². The summed E-state index contributed by atoms with van der Waals surface area (Å²) in [6.45, 7) is 0. The molecule has 0 aromatic heterocycles. The monoisotopic (exact) mass is 356 g/mol. The van der Waals surface area contributed by atoms with Crippen LogP contribution in [-0.4, -0.2) is 21.8 Å². The molecule has 0 spiro atoms. The van der Waals surface area contributed by atoms with Gasteiger partial charge in [-0.15, -0.1) is 0 Å². The molecule has 5 heteroatoms. The maximum absolute atomic E-state index is 6.69. The summed E-state index contributed by atoms with van der Waals surface area (Å²) < 4.78 is 0. The average Bonchev–Trinajstić information content (AvgIpc) is 2.73. The fourth-order valence-corrected chi connectivity index (χ4v) is 15.7. The summed E-state index contributed by atoms with van der Waals surface area (Å²) in [5.74, 6) is 0. The van der Waals surface area contributed by atoms with Crippen molar-refractivity contribution in [3.63, 3.8) is 0 Å². The summed E-state index contributed by atoms with van der Waals surface area (Å²) in [4.78, 5) is 0.742. The van der Waals surface area contributed by atoms with Crippen molar-refractivity contribution in [3.8, 4) is 0 Å². The Hall–Kier alpha value is 1.68. The molecule has 0 aromatic carbocycles. The van der Waals surface area contributed by atoms with Crippen LogP contribution in [0.4, 0.5) is 0 Å². The van der Waals surface area contributed by atoms with Crippen molar-refractivity contribution in [1.29, 1.82) is 0 Å². The third kappa shape index (κ3) is 2.59. The van der Waals surface area contributed by atoms with E-state index in [4.69, 9.17) is 43.4 Å². The second-order valence-corrected chi connectivity index (χ2v) is 16.6. The topological polar surface area (TPSA) is 0 Å². The van der Waals surface area contributed by atoms with E-state index in [-0.39, 0.29) is 10.8 Å². The molecule has 0 bridgehead atoms. The first-order valence-electron chi connectivity index (χ1n) is 5.52. The molecule has 0 nitrogen and oxygen atoms in total. The van der Waals surface area contributed by atoms with Crippen LogP contribution < -0.4 is 0 Å². The number of rotatable bonds is 2. The van der Waals surface area contributed by atoms with E-state index in [0.29, 0.717) is 9.63 Å². The summed E-state index contributed by atoms with van der Waals surface area (Å²) in [7, 11) is 13.4. The predicted octanol–water partition coefficient (Wildman–Crippen LogP) is 5.23. The zero-order valence-electron chi connectivity index (χ0n) is 8.47. The SMILES string of the molecule is Cl[C@@H]1CCC[C@H]1[Se](Cl)(Cl)[C@@H]1CCC[C@H]1Cl. The molecule has 2 aliphatic rings. The molecule has 0 aromatic rings. The van der Waals surface area contributed by atoms with E-state index in [9.17, 15) is 0 Å². The number of hydrogen-bond donors (Lipinski definition) is 0. The van der Waals surface area contributed by atoms with E-state index in [1.807, 2.05) is 0 Å². The molecule has 0 aliphatic heterocycles. The van der Waals surface area contributed by atoms with Crippen LogP contribution in [0.25, 0.3) is 0 Å². The van der Waals surface area contributed by atoms with Crippen LogP contribution in [-0.2, 0) is 0 Å². The molecule has 0 unspecified atom stereocenters. The Morgan fingerprint density at radius 3 is 1.40 bits per heavy atom. The van der Waals surface area contributed by atoms with Gasteiger partial charge in [0.2, 0.25) is 0 Å². The van der Waals surface area contributed by atoms with E-state index >= 15 is 0 Å². The van der Waals surface area contributed by atoms with Crippen LogP contribution in [0.3, 0.4) is 0 Å². The van der Waals surface area contributed by atoms with E-state index in [1.54, 1.807) is 0 Å². The molecule has 15 heavy (non-hydrogen) atoms. The van der Waals surface area contributed by atoms with E-state index in [2.05, 4.69) is 0 Å². The fraction of sp³-hybridized carbons (Fsp3) is 1.00. The van der Waals surface area contributed by atoms with Crippen molar-refractivity contribution in [2.75, 3.05) is 0 Å². The second-order valence-electron chi connectivity index (χ2n) is 4.52. The zero-order valence-corrected chi connectivity index (χ0v) is 13.2. The van der Waals surface area contributed by atoms with Gasteiger partial charge in [-0.1, -0.05) is 0 Å². The van der Waals surface area contributed by atoms with Gasteiger partial charge in [0.05, 0.1) is 0 Å². The Labute approximate surface area is 113 Å². The Morgan fingerprint density at radius 2 is 1.13 bits per heavy atom. The van der Waals surface area contributed by atoms with Crippen molar-refractivity contribution < 1.29 is 0 Å². The first kappa shape index (κ1) is 13.1. The quantitative estimate of drug-likeness (QED) is 0.469. The molecule has 2 fully saturated rings. The van der Waals surface area contributed by atoms with Crippen molar-refractivity contribution in [2.45, 2.75) is 58.9 Å². The van der Waals surface area contributed by atoms with Crippen molar-refractivity contribution >= 4 is 54.4 Å². The molecule has 0 saturated heterocycles. The molecule has 0 radical (unpaired) electrons. The molecule has 2 saturated carbocycles. The first-order chi connectivity index (χ1) is 7.03. The fourth-order valence-electron chi connectivity index (χ4n) is 2.69. The molecule has 4 atom stereocenters. The molecular weight excluding hydrogens is 341 g/mol. The first-order valence-corrected chi connectivity index (χ1v) is 12.9. The second kappa shape index (κ2) is 5.12. The summed E-state index contributed by atoms with van der Waals surface area (Å²) >= 11 is 10.2. The van der Waals surface area contributed by atoms with Gasteiger partial charge in [0.15, 0.2) is 0 Å². The molecule has 2 rings (SSSR count). The van der Waals surface area contributed by atoms with Gasteiger partial charge in [0, 0.05) is 0 Å². The van der Waals surface area contributed by atoms with Crippen LogP contribution in [0.15, 0.2) is 0 Å². The third-order valence-corrected chi connectivity index (χ3v) is 15.8. The number of hydrogen-bond acceptors (Lipinski definition) is 0. The predicted molar refractivity (Wildman–Crippen MR) is 71.9 cm³/mol. The average molecular weight is 357 g/mol. The van der Waals surface area contributed by atoms with Crippen LogP contribution in [0.1, 0.15) is 38.5 Å². The van der Waals surface area contributed by atoms with Gasteiger partial charge in [0.1, 0.15) is 0 Å². The van der Waals surface area contributed by atoms with Gasteiger partial charge in [-0.2, -0.15) is 0 Å². The van der Waals surface area contributed by atoms with Crippen molar-refractivity contribution in [3.05, 3.63) is 0 Å². The van der Waals surface area contributed by atoms with E-state index < -0.39 is 11.0 Å². The Kier molecular flexibility index (Phi) is 4.48. The van der Waals surface area contributed by atoms with Crippen molar-refractivity contribution in [2.24, 2.45) is 0 Å². The summed E-state index contributed by atoms with van der Waals surface area (Å²) in [5, 5.41) is 0.397. The molecular formula is C10H16Cl4Se. The standard InChI is InChI=1S/C10H16Cl4Se/c11-7-3-1-5-9(7)15(13,14)10-6-2-4-8(10)12/h7-10H,1-6H2/t7-,8-,9-,10-/m1/s1. The van der Waals surface area contributed by atoms with E-state index in [0.717, 1.165) is 25.7 Å². The summed E-state index contributed by atoms with van der Waals surface area (Å²) in [6.07, 6.45) is 6.73. The summed E-state index contributed by atoms with van der Waals surface area (Å²) in [5.41, 5.74) is 0. The normalized spacial score (nSPS) is 43.5. The molecule has 0 N–H and O–H groups in total. The van der Waals surface area contributed by atoms with Gasteiger partial charge in [0.25, 0.3) is 0 Å². The molecule has 2 aliphatic carbocycles. The number of alkyl halides is 2. The van der Waals surface area contributed by atoms with Crippen LogP contribution >= 0.6 is 43.4 Å². The number of halogens is 4. The molecule has 90 valence electrons. The van der Waals surface area contributed by atoms with Gasteiger partial charge in [-0.25, -0.2) is 0 Å². The van der Waals surface area contributed by atoms with Gasteiger partial charge < -0.3 is 0 Å². The Morgan fingerprint density at radius 1 is 0.733 bits per heavy atom. The van der Waals surface area contributed by atoms with E-state index in [1.165, 1.54) is 12.8 Å².